The van der Waals surface area contributed by atoms with Crippen LogP contribution in [0.3, 0.4) is 0 Å². The van der Waals surface area contributed by atoms with Gasteiger partial charge in [-0.05, 0) is 76.1 Å². The standard InChI is InChI=1S/C30H43N5O/c1-3-8-22(2)32-30-31-19-27-28(21-35(29(27)33-30)25-13-15-26(36)16-14-25)24-11-9-23(10-12-24)20-34-17-6-4-5-7-18-34/h9-12,19,21-22,25-26,36H,3-8,13-18,20H2,1-2H3,(H,31,32,33)/t22-,25?,26?/m0/s1. The number of hydrogen-bond acceptors (Lipinski definition) is 5. The third kappa shape index (κ3) is 5.92. The molecule has 2 N–H and O–H groups in total. The van der Waals surface area contributed by atoms with Crippen molar-refractivity contribution in [3.05, 3.63) is 42.2 Å². The number of aromatic nitrogens is 3. The van der Waals surface area contributed by atoms with E-state index < -0.39 is 0 Å². The minimum absolute atomic E-state index is 0.166. The Morgan fingerprint density at radius 2 is 1.75 bits per heavy atom. The van der Waals surface area contributed by atoms with Crippen molar-refractivity contribution < 1.29 is 5.11 Å². The van der Waals surface area contributed by atoms with Gasteiger partial charge in [0.05, 0.1) is 6.10 Å². The number of nitrogens with zero attached hydrogens (tertiary/aromatic N) is 4. The highest BCUT2D eigenvalue weighted by molar-refractivity contribution is 5.94. The molecule has 1 aliphatic heterocycles. The molecule has 0 unspecified atom stereocenters. The van der Waals surface area contributed by atoms with Crippen LogP contribution in [0, 0.1) is 0 Å². The molecule has 1 saturated heterocycles. The predicted molar refractivity (Wildman–Crippen MR) is 148 cm³/mol. The van der Waals surface area contributed by atoms with Gasteiger partial charge in [0.15, 0.2) is 0 Å². The van der Waals surface area contributed by atoms with Crippen LogP contribution in [0.5, 0.6) is 0 Å². The molecule has 2 aromatic heterocycles. The van der Waals surface area contributed by atoms with Crippen molar-refractivity contribution in [2.24, 2.45) is 0 Å². The van der Waals surface area contributed by atoms with Crippen molar-refractivity contribution in [3.63, 3.8) is 0 Å². The molecule has 0 radical (unpaired) electrons. The van der Waals surface area contributed by atoms with Gasteiger partial charge in [0.25, 0.3) is 0 Å². The summed E-state index contributed by atoms with van der Waals surface area (Å²) in [6.07, 6.45) is 15.4. The lowest BCUT2D eigenvalue weighted by atomic mass is 9.93. The largest absolute Gasteiger partial charge is 0.393 e. The number of aliphatic hydroxyl groups excluding tert-OH is 1. The van der Waals surface area contributed by atoms with Crippen LogP contribution in [0.2, 0.25) is 0 Å². The van der Waals surface area contributed by atoms with Gasteiger partial charge in [0.1, 0.15) is 5.65 Å². The fourth-order valence-corrected chi connectivity index (χ4v) is 6.01. The highest BCUT2D eigenvalue weighted by Crippen LogP contribution is 2.37. The minimum Gasteiger partial charge on any atom is -0.393 e. The van der Waals surface area contributed by atoms with Crippen molar-refractivity contribution in [2.75, 3.05) is 18.4 Å². The second-order valence-corrected chi connectivity index (χ2v) is 11.1. The summed E-state index contributed by atoms with van der Waals surface area (Å²) >= 11 is 0. The van der Waals surface area contributed by atoms with Gasteiger partial charge in [0, 0.05) is 42.0 Å². The molecule has 2 fully saturated rings. The van der Waals surface area contributed by atoms with Gasteiger partial charge in [-0.2, -0.15) is 4.98 Å². The molecule has 1 aliphatic carbocycles. The maximum atomic E-state index is 10.1. The van der Waals surface area contributed by atoms with E-state index in [9.17, 15) is 5.11 Å². The summed E-state index contributed by atoms with van der Waals surface area (Å²) in [5.41, 5.74) is 4.81. The number of fused-ring (bicyclic) bond motifs is 1. The fraction of sp³-hybridized carbons (Fsp3) is 0.600. The molecule has 1 aromatic carbocycles. The highest BCUT2D eigenvalue weighted by Gasteiger charge is 2.24. The maximum Gasteiger partial charge on any atom is 0.224 e. The first-order valence-electron chi connectivity index (χ1n) is 14.2. The Labute approximate surface area is 216 Å². The zero-order chi connectivity index (χ0) is 24.9. The Bertz CT molecular complexity index is 1110. The van der Waals surface area contributed by atoms with E-state index in [1.54, 1.807) is 0 Å². The Morgan fingerprint density at radius 3 is 2.44 bits per heavy atom. The van der Waals surface area contributed by atoms with E-state index in [1.807, 2.05) is 6.20 Å². The lowest BCUT2D eigenvalue weighted by Crippen LogP contribution is -2.23. The lowest BCUT2D eigenvalue weighted by molar-refractivity contribution is 0.111. The highest BCUT2D eigenvalue weighted by atomic mass is 16.3. The zero-order valence-corrected chi connectivity index (χ0v) is 22.1. The molecule has 3 heterocycles. The lowest BCUT2D eigenvalue weighted by Gasteiger charge is -2.27. The molecule has 0 bridgehead atoms. The second kappa shape index (κ2) is 11.7. The normalized spacial score (nSPS) is 22.4. The quantitative estimate of drug-likeness (QED) is 0.375. The smallest absolute Gasteiger partial charge is 0.224 e. The summed E-state index contributed by atoms with van der Waals surface area (Å²) in [5, 5.41) is 14.7. The number of rotatable bonds is 8. The molecule has 1 atom stereocenters. The molecule has 3 aromatic rings. The van der Waals surface area contributed by atoms with Crippen molar-refractivity contribution in [1.29, 1.82) is 0 Å². The molecule has 194 valence electrons. The van der Waals surface area contributed by atoms with Crippen LogP contribution in [0.1, 0.15) is 89.7 Å². The van der Waals surface area contributed by atoms with E-state index in [-0.39, 0.29) is 6.10 Å². The number of hydrogen-bond donors (Lipinski definition) is 2. The molecule has 36 heavy (non-hydrogen) atoms. The van der Waals surface area contributed by atoms with Gasteiger partial charge in [0.2, 0.25) is 5.95 Å². The number of benzene rings is 1. The van der Waals surface area contributed by atoms with Gasteiger partial charge in [-0.25, -0.2) is 4.98 Å². The summed E-state index contributed by atoms with van der Waals surface area (Å²) in [7, 11) is 0. The summed E-state index contributed by atoms with van der Waals surface area (Å²) in [6, 6.07) is 9.84. The van der Waals surface area contributed by atoms with Gasteiger partial charge < -0.3 is 15.0 Å². The third-order valence-corrected chi connectivity index (χ3v) is 8.10. The molecular formula is C30H43N5O. The average molecular weight is 490 g/mol. The molecule has 0 amide bonds. The van der Waals surface area contributed by atoms with E-state index in [0.717, 1.165) is 56.1 Å². The van der Waals surface area contributed by atoms with Crippen LogP contribution >= 0.6 is 0 Å². The van der Waals surface area contributed by atoms with Gasteiger partial charge in [-0.1, -0.05) is 50.5 Å². The molecular weight excluding hydrogens is 446 g/mol. The van der Waals surface area contributed by atoms with Crippen molar-refractivity contribution >= 4 is 17.0 Å². The topological polar surface area (TPSA) is 66.2 Å². The van der Waals surface area contributed by atoms with Crippen molar-refractivity contribution in [3.8, 4) is 11.1 Å². The zero-order valence-electron chi connectivity index (χ0n) is 22.1. The van der Waals surface area contributed by atoms with Crippen LogP contribution in [0.15, 0.2) is 36.7 Å². The van der Waals surface area contributed by atoms with E-state index >= 15 is 0 Å². The SMILES string of the molecule is CCC[C@H](C)Nc1ncc2c(-c3ccc(CN4CCCCCC4)cc3)cn(C3CCC(O)CC3)c2n1. The minimum atomic E-state index is -0.166. The average Bonchev–Trinajstić information content (AvgIpc) is 3.06. The predicted octanol–water partition coefficient (Wildman–Crippen LogP) is 6.55. The molecule has 2 aliphatic rings. The summed E-state index contributed by atoms with van der Waals surface area (Å²) in [4.78, 5) is 12.3. The summed E-state index contributed by atoms with van der Waals surface area (Å²) in [5.74, 6) is 0.706. The second-order valence-electron chi connectivity index (χ2n) is 11.1. The Balaban J connectivity index is 1.43. The van der Waals surface area contributed by atoms with Crippen LogP contribution in [-0.4, -0.2) is 49.8 Å². The van der Waals surface area contributed by atoms with Crippen molar-refractivity contribution in [2.45, 2.75) is 103 Å². The summed E-state index contributed by atoms with van der Waals surface area (Å²) in [6.45, 7) is 7.87. The first-order chi connectivity index (χ1) is 17.6. The summed E-state index contributed by atoms with van der Waals surface area (Å²) < 4.78 is 2.36. The number of nitrogens with one attached hydrogen (secondary N) is 1. The molecule has 6 heteroatoms. The Morgan fingerprint density at radius 1 is 1.03 bits per heavy atom. The fourth-order valence-electron chi connectivity index (χ4n) is 6.01. The Hall–Kier alpha value is -2.44. The molecule has 6 nitrogen and oxygen atoms in total. The maximum absolute atomic E-state index is 10.1. The monoisotopic (exact) mass is 489 g/mol. The van der Waals surface area contributed by atoms with Crippen molar-refractivity contribution in [1.82, 2.24) is 19.4 Å². The molecule has 1 saturated carbocycles. The number of anilines is 1. The molecule has 5 rings (SSSR count). The van der Waals surface area contributed by atoms with Gasteiger partial charge in [-0.15, -0.1) is 0 Å². The van der Waals surface area contributed by atoms with E-state index in [2.05, 4.69) is 59.1 Å². The first kappa shape index (κ1) is 25.2. The van der Waals surface area contributed by atoms with Crippen LogP contribution < -0.4 is 5.32 Å². The first-order valence-corrected chi connectivity index (χ1v) is 14.2. The van der Waals surface area contributed by atoms with E-state index in [4.69, 9.17) is 9.97 Å². The third-order valence-electron chi connectivity index (χ3n) is 8.10. The number of likely N-dealkylation sites (tertiary alicyclic amines) is 1. The van der Waals surface area contributed by atoms with Gasteiger partial charge in [-0.3, -0.25) is 4.90 Å². The van der Waals surface area contributed by atoms with Crippen LogP contribution in [0.25, 0.3) is 22.2 Å². The van der Waals surface area contributed by atoms with Gasteiger partial charge >= 0.3 is 0 Å². The van der Waals surface area contributed by atoms with Crippen LogP contribution in [-0.2, 0) is 6.54 Å². The number of aliphatic hydroxyl groups is 1. The molecule has 0 spiro atoms. The Kier molecular flexibility index (Phi) is 8.22. The van der Waals surface area contributed by atoms with E-state index in [0.29, 0.717) is 18.0 Å². The van der Waals surface area contributed by atoms with E-state index in [1.165, 1.54) is 55.5 Å². The van der Waals surface area contributed by atoms with Crippen LogP contribution in [0.4, 0.5) is 5.95 Å².